The normalized spacial score (nSPS) is 22.8. The molecule has 0 saturated carbocycles. The molecule has 2 nitrogen and oxygen atoms in total. The van der Waals surface area contributed by atoms with Crippen LogP contribution in [0.5, 0.6) is 0 Å². The fraction of sp³-hybridized carbons (Fsp3) is 0.154. The molecule has 2 aromatic carbocycles. The van der Waals surface area contributed by atoms with E-state index in [2.05, 4.69) is 82.2 Å². The lowest BCUT2D eigenvalue weighted by atomic mass is 9.65. The summed E-state index contributed by atoms with van der Waals surface area (Å²) in [7, 11) is 0. The van der Waals surface area contributed by atoms with Crippen molar-refractivity contribution in [3.63, 3.8) is 0 Å². The van der Waals surface area contributed by atoms with Crippen molar-refractivity contribution < 1.29 is 43.1 Å². The lowest BCUT2D eigenvalue weighted by Gasteiger charge is -2.42. The first-order valence-electron chi connectivity index (χ1n) is 10.3. The molecule has 0 N–H and O–H groups in total. The van der Waals surface area contributed by atoms with Crippen LogP contribution in [-0.4, -0.2) is 0 Å². The largest absolute Gasteiger partial charge is 1.00 e. The summed E-state index contributed by atoms with van der Waals surface area (Å²) in [6.45, 7) is 0. The predicted octanol–water partition coefficient (Wildman–Crippen LogP) is -0.640. The maximum Gasteiger partial charge on any atom is 0.200 e. The predicted molar refractivity (Wildman–Crippen MR) is 116 cm³/mol. The van der Waals surface area contributed by atoms with Crippen molar-refractivity contribution in [3.05, 3.63) is 129 Å². The number of rotatable bonds is 0. The number of nitrogens with zero attached hydrogens (tertiary/aromatic N) is 2. The Hall–Kier alpha value is -1.72. The van der Waals surface area contributed by atoms with Crippen molar-refractivity contribution >= 4 is 23.2 Å². The van der Waals surface area contributed by atoms with Gasteiger partial charge in [-0.15, -0.1) is 0 Å². The second-order valence-electron chi connectivity index (χ2n) is 8.46. The molecule has 0 radical (unpaired) electrons. The summed E-state index contributed by atoms with van der Waals surface area (Å²) in [5, 5.41) is 1.60. The van der Waals surface area contributed by atoms with Gasteiger partial charge in [0, 0.05) is 45.4 Å². The molecule has 4 atom stereocenters. The Kier molecular flexibility index (Phi) is 5.49. The van der Waals surface area contributed by atoms with E-state index in [1.807, 2.05) is 12.1 Å². The van der Waals surface area contributed by atoms with E-state index in [1.54, 1.807) is 0 Å². The standard InChI is InChI=1S/C26H18Cl2N2.2BrH/c27-15-7-9-17-19(13-15)23-21-5-1-3-11-29(21)26(17)24-20-14-16(28)8-10-18(20)25(23)30-12-4-2-6-22(24)30;;/h1-14,23-26H;2*1H/q+2;;/p-2/t23-,24+,25+,26-;;. The van der Waals surface area contributed by atoms with Gasteiger partial charge < -0.3 is 34.0 Å². The SMILES string of the molecule is Clc1ccc2c(c1)[C@H]1c3cccc[n+]3[C@@H]2[C@@H]2c3cc(Cl)ccc3[C@H]1[n+]1ccccc12.[Br-].[Br-]. The molecule has 32 heavy (non-hydrogen) atoms. The number of benzene rings is 2. The monoisotopic (exact) mass is 586 g/mol. The molecule has 4 bridgehead atoms. The van der Waals surface area contributed by atoms with Gasteiger partial charge in [-0.1, -0.05) is 47.5 Å². The minimum absolute atomic E-state index is 0. The van der Waals surface area contributed by atoms with Crippen molar-refractivity contribution in [2.24, 2.45) is 0 Å². The minimum atomic E-state index is 0. The molecule has 0 saturated heterocycles. The summed E-state index contributed by atoms with van der Waals surface area (Å²) in [4.78, 5) is 0. The topological polar surface area (TPSA) is 7.76 Å². The number of aromatic nitrogens is 2. The summed E-state index contributed by atoms with van der Waals surface area (Å²) in [6, 6.07) is 26.3. The summed E-state index contributed by atoms with van der Waals surface area (Å²) < 4.78 is 4.97. The van der Waals surface area contributed by atoms with Gasteiger partial charge in [-0.25, -0.2) is 0 Å². The molecule has 0 spiro atoms. The Morgan fingerprint density at radius 3 is 1.41 bits per heavy atom. The average molecular weight is 589 g/mol. The Bertz CT molecular complexity index is 1270. The van der Waals surface area contributed by atoms with E-state index in [4.69, 9.17) is 23.2 Å². The Morgan fingerprint density at radius 1 is 0.531 bits per heavy atom. The smallest absolute Gasteiger partial charge is 0.200 e. The molecule has 4 aromatic rings. The molecular weight excluding hydrogens is 571 g/mol. The summed E-state index contributed by atoms with van der Waals surface area (Å²) in [6.07, 6.45) is 4.48. The third-order valence-electron chi connectivity index (χ3n) is 7.12. The van der Waals surface area contributed by atoms with E-state index in [-0.39, 0.29) is 57.9 Å². The quantitative estimate of drug-likeness (QED) is 0.242. The van der Waals surface area contributed by atoms with Crippen molar-refractivity contribution in [3.8, 4) is 0 Å². The van der Waals surface area contributed by atoms with Gasteiger partial charge in [0.1, 0.15) is 11.8 Å². The van der Waals surface area contributed by atoms with Gasteiger partial charge in [-0.05, 0) is 35.4 Å². The number of hydrogen-bond donors (Lipinski definition) is 0. The lowest BCUT2D eigenvalue weighted by Crippen LogP contribution is -3.00. The Balaban J connectivity index is 0.00000108. The molecule has 2 aromatic heterocycles. The van der Waals surface area contributed by atoms with Crippen LogP contribution in [0.25, 0.3) is 0 Å². The van der Waals surface area contributed by atoms with Gasteiger partial charge in [0.15, 0.2) is 23.8 Å². The summed E-state index contributed by atoms with van der Waals surface area (Å²) in [5.74, 6) is 0.340. The molecule has 6 aliphatic rings. The Morgan fingerprint density at radius 2 is 0.969 bits per heavy atom. The van der Waals surface area contributed by atoms with Gasteiger partial charge in [0.05, 0.1) is 0 Å². The highest BCUT2D eigenvalue weighted by Crippen LogP contribution is 2.54. The van der Waals surface area contributed by atoms with Crippen LogP contribution in [0.4, 0.5) is 0 Å². The number of halogens is 4. The van der Waals surface area contributed by atoms with Crippen LogP contribution < -0.4 is 43.1 Å². The molecule has 0 fully saturated rings. The van der Waals surface area contributed by atoms with Crippen LogP contribution in [0.15, 0.2) is 85.2 Å². The van der Waals surface area contributed by atoms with Crippen LogP contribution in [0, 0.1) is 0 Å². The molecule has 0 unspecified atom stereocenters. The molecule has 6 heteroatoms. The fourth-order valence-corrected chi connectivity index (χ4v) is 6.46. The third-order valence-corrected chi connectivity index (χ3v) is 7.59. The van der Waals surface area contributed by atoms with E-state index in [0.717, 1.165) is 10.0 Å². The van der Waals surface area contributed by atoms with E-state index in [1.165, 1.54) is 33.6 Å². The van der Waals surface area contributed by atoms with E-state index in [9.17, 15) is 0 Å². The van der Waals surface area contributed by atoms with Crippen LogP contribution >= 0.6 is 23.2 Å². The third kappa shape index (κ3) is 2.83. The van der Waals surface area contributed by atoms with Crippen molar-refractivity contribution in [1.82, 2.24) is 0 Å². The highest BCUT2D eigenvalue weighted by molar-refractivity contribution is 6.31. The van der Waals surface area contributed by atoms with Crippen molar-refractivity contribution in [1.29, 1.82) is 0 Å². The second kappa shape index (κ2) is 7.95. The van der Waals surface area contributed by atoms with Gasteiger partial charge >= 0.3 is 0 Å². The molecular formula is C26H18Br2Cl2N2. The van der Waals surface area contributed by atoms with Gasteiger partial charge in [0.2, 0.25) is 12.1 Å². The highest BCUT2D eigenvalue weighted by Gasteiger charge is 2.58. The first kappa shape index (κ1) is 22.1. The van der Waals surface area contributed by atoms with Gasteiger partial charge in [-0.2, -0.15) is 9.13 Å². The van der Waals surface area contributed by atoms with E-state index in [0.29, 0.717) is 0 Å². The molecule has 0 amide bonds. The van der Waals surface area contributed by atoms with Crippen LogP contribution in [0.3, 0.4) is 0 Å². The number of pyridine rings is 2. The first-order valence-corrected chi connectivity index (χ1v) is 11.1. The zero-order chi connectivity index (χ0) is 20.0. The molecule has 160 valence electrons. The summed E-state index contributed by atoms with van der Waals surface area (Å²) in [5.41, 5.74) is 8.10. The highest BCUT2D eigenvalue weighted by atomic mass is 79.9. The average Bonchev–Trinajstić information content (AvgIpc) is 2.75. The van der Waals surface area contributed by atoms with E-state index < -0.39 is 0 Å². The lowest BCUT2D eigenvalue weighted by molar-refractivity contribution is -0.769. The Labute approximate surface area is 218 Å². The van der Waals surface area contributed by atoms with Crippen LogP contribution in [-0.2, 0) is 0 Å². The van der Waals surface area contributed by atoms with Crippen molar-refractivity contribution in [2.75, 3.05) is 0 Å². The van der Waals surface area contributed by atoms with Crippen LogP contribution in [0.2, 0.25) is 10.0 Å². The second-order valence-corrected chi connectivity index (χ2v) is 9.33. The van der Waals surface area contributed by atoms with Crippen molar-refractivity contribution in [2.45, 2.75) is 23.9 Å². The molecule has 5 aliphatic heterocycles. The zero-order valence-electron chi connectivity index (χ0n) is 16.8. The van der Waals surface area contributed by atoms with Gasteiger partial charge in [0.25, 0.3) is 0 Å². The van der Waals surface area contributed by atoms with Gasteiger partial charge in [-0.3, -0.25) is 0 Å². The molecule has 10 rings (SSSR count). The summed E-state index contributed by atoms with van der Waals surface area (Å²) >= 11 is 13.1. The fourth-order valence-electron chi connectivity index (χ4n) is 6.10. The van der Waals surface area contributed by atoms with E-state index >= 15 is 0 Å². The molecule has 7 heterocycles. The number of hydrogen-bond acceptors (Lipinski definition) is 0. The molecule has 1 aliphatic carbocycles. The zero-order valence-corrected chi connectivity index (χ0v) is 21.5. The first-order chi connectivity index (χ1) is 14.7. The van der Waals surface area contributed by atoms with Crippen LogP contribution in [0.1, 0.15) is 57.6 Å². The minimum Gasteiger partial charge on any atom is -1.00 e. The maximum atomic E-state index is 6.53. The maximum absolute atomic E-state index is 6.53.